The summed E-state index contributed by atoms with van der Waals surface area (Å²) in [5.74, 6) is 0. The van der Waals surface area contributed by atoms with E-state index in [4.69, 9.17) is 0 Å². The first kappa shape index (κ1) is 39.5. The van der Waals surface area contributed by atoms with Gasteiger partial charge in [-0.3, -0.25) is 0 Å². The molecule has 0 fully saturated rings. The monoisotopic (exact) mass is 856 g/mol. The molecule has 3 aromatic heterocycles. The van der Waals surface area contributed by atoms with Crippen LogP contribution in [0.15, 0.2) is 131 Å². The van der Waals surface area contributed by atoms with Gasteiger partial charge in [-0.2, -0.15) is 0 Å². The summed E-state index contributed by atoms with van der Waals surface area (Å²) in [7, 11) is 0. The lowest BCUT2D eigenvalue weighted by Crippen LogP contribution is -2.23. The van der Waals surface area contributed by atoms with E-state index in [0.29, 0.717) is 0 Å². The summed E-state index contributed by atoms with van der Waals surface area (Å²) in [6.07, 6.45) is 11.3. The van der Waals surface area contributed by atoms with E-state index in [9.17, 15) is 0 Å². The van der Waals surface area contributed by atoms with Crippen LogP contribution in [0.2, 0.25) is 0 Å². The predicted octanol–water partition coefficient (Wildman–Crippen LogP) is 17.8. The molecule has 3 heterocycles. The Morgan fingerprint density at radius 3 is 1.55 bits per heavy atom. The van der Waals surface area contributed by atoms with Gasteiger partial charge in [-0.1, -0.05) is 152 Å². The summed E-state index contributed by atoms with van der Waals surface area (Å²) in [5, 5.41) is 11.4. The Kier molecular flexibility index (Phi) is 9.15. The summed E-state index contributed by atoms with van der Waals surface area (Å²) in [6, 6.07) is 38.6. The van der Waals surface area contributed by atoms with Gasteiger partial charge in [0.15, 0.2) is 0 Å². The van der Waals surface area contributed by atoms with Crippen LogP contribution < -0.4 is 0 Å². The molecule has 0 saturated carbocycles. The standard InChI is InChI=1S/2C20H16S.C17H14S.C2H6/c1-20(2)16-7-4-8-18-19(16)15(11-21-18)14-9-12-5-3-6-13(12)10-17(14)20;1-20(2)15-7-4-8-17-19(15)14(11-21-17)18-13-6-3-5-12(13)9-10-16(18)20;1-17(2)13-7-4-3-6-11(13)12-10-18-15-9-5-8-14(17)16(12)15;1-2/h3-4,6-11H,5H2,1-2H3;3-5,7-11H,6H2,1-2H3;3-10H,1-2H3;1-2H3. The van der Waals surface area contributed by atoms with Crippen molar-refractivity contribution in [1.82, 2.24) is 0 Å². The van der Waals surface area contributed by atoms with E-state index in [0.717, 1.165) is 12.8 Å². The van der Waals surface area contributed by atoms with Crippen molar-refractivity contribution >= 4 is 76.4 Å². The summed E-state index contributed by atoms with van der Waals surface area (Å²) in [4.78, 5) is 0. The highest BCUT2D eigenvalue weighted by Crippen LogP contribution is 2.54. The molecule has 9 aromatic rings. The topological polar surface area (TPSA) is 0 Å². The molecule has 5 aliphatic carbocycles. The van der Waals surface area contributed by atoms with Gasteiger partial charge in [0, 0.05) is 63.2 Å². The van der Waals surface area contributed by atoms with Gasteiger partial charge in [0.2, 0.25) is 0 Å². The van der Waals surface area contributed by atoms with Gasteiger partial charge < -0.3 is 0 Å². The van der Waals surface area contributed by atoms with Crippen molar-refractivity contribution in [3.8, 4) is 33.4 Å². The second-order valence-electron chi connectivity index (χ2n) is 18.8. The highest BCUT2D eigenvalue weighted by molar-refractivity contribution is 7.18. The Hall–Kier alpha value is -5.32. The van der Waals surface area contributed by atoms with Gasteiger partial charge in [-0.05, 0) is 132 Å². The lowest BCUT2D eigenvalue weighted by molar-refractivity contribution is 0.644. The highest BCUT2D eigenvalue weighted by atomic mass is 32.1. The Bertz CT molecular complexity index is 3350. The average molecular weight is 857 g/mol. The molecule has 5 aliphatic rings. The summed E-state index contributed by atoms with van der Waals surface area (Å²) in [5.41, 5.74) is 23.6. The summed E-state index contributed by atoms with van der Waals surface area (Å²) < 4.78 is 4.25. The maximum absolute atomic E-state index is 2.43. The van der Waals surface area contributed by atoms with Crippen molar-refractivity contribution in [3.63, 3.8) is 0 Å². The smallest absolute Gasteiger partial charge is 0.0352 e. The van der Waals surface area contributed by atoms with E-state index in [2.05, 4.69) is 185 Å². The van der Waals surface area contributed by atoms with Gasteiger partial charge >= 0.3 is 0 Å². The van der Waals surface area contributed by atoms with Crippen LogP contribution in [-0.4, -0.2) is 0 Å². The number of hydrogen-bond acceptors (Lipinski definition) is 3. The normalized spacial score (nSPS) is 16.2. The van der Waals surface area contributed by atoms with Crippen LogP contribution in [0.1, 0.15) is 111 Å². The molecule has 0 aliphatic heterocycles. The molecule has 6 aromatic carbocycles. The Labute approximate surface area is 378 Å². The van der Waals surface area contributed by atoms with Crippen LogP contribution in [0, 0.1) is 0 Å². The Balaban J connectivity index is 0.000000103. The molecule has 0 bridgehead atoms. The fourth-order valence-electron chi connectivity index (χ4n) is 11.3. The summed E-state index contributed by atoms with van der Waals surface area (Å²) >= 11 is 5.61. The van der Waals surface area contributed by atoms with E-state index in [-0.39, 0.29) is 16.2 Å². The third-order valence-electron chi connectivity index (χ3n) is 14.5. The predicted molar refractivity (Wildman–Crippen MR) is 275 cm³/mol. The average Bonchev–Trinajstić information content (AvgIpc) is 4.15. The molecule has 0 spiro atoms. The molecule has 0 unspecified atom stereocenters. The molecule has 306 valence electrons. The third kappa shape index (κ3) is 5.60. The van der Waals surface area contributed by atoms with E-state index >= 15 is 0 Å². The molecule has 14 rings (SSSR count). The molecule has 0 nitrogen and oxygen atoms in total. The molecule has 62 heavy (non-hydrogen) atoms. The molecular formula is C59H52S3. The molecule has 0 atom stereocenters. The molecular weight excluding hydrogens is 805 g/mol. The molecule has 3 heteroatoms. The minimum Gasteiger partial charge on any atom is -0.143 e. The quantitative estimate of drug-likeness (QED) is 0.143. The van der Waals surface area contributed by atoms with Crippen LogP contribution in [0.4, 0.5) is 0 Å². The summed E-state index contributed by atoms with van der Waals surface area (Å²) in [6.45, 7) is 18.1. The largest absolute Gasteiger partial charge is 0.143 e. The lowest BCUT2D eigenvalue weighted by Gasteiger charge is -2.34. The highest BCUT2D eigenvalue weighted by Gasteiger charge is 2.37. The zero-order valence-electron chi connectivity index (χ0n) is 37.0. The van der Waals surface area contributed by atoms with Crippen LogP contribution in [0.5, 0.6) is 0 Å². The fraction of sp³-hybridized carbons (Fsp3) is 0.220. The van der Waals surface area contributed by atoms with E-state index in [1.54, 1.807) is 0 Å². The Morgan fingerprint density at radius 1 is 0.403 bits per heavy atom. The first-order chi connectivity index (χ1) is 30.0. The van der Waals surface area contributed by atoms with Crippen LogP contribution in [0.3, 0.4) is 0 Å². The number of rotatable bonds is 0. The maximum atomic E-state index is 2.43. The molecule has 0 N–H and O–H groups in total. The van der Waals surface area contributed by atoms with Gasteiger partial charge in [0.1, 0.15) is 0 Å². The van der Waals surface area contributed by atoms with Gasteiger partial charge in [-0.15, -0.1) is 34.0 Å². The van der Waals surface area contributed by atoms with E-state index < -0.39 is 0 Å². The molecule has 0 saturated heterocycles. The van der Waals surface area contributed by atoms with Gasteiger partial charge in [0.05, 0.1) is 0 Å². The SMILES string of the molecule is CC.CC1(C)c2cc3c(cc2-c2csc4cccc1c24)CC=C3.CC1(C)c2ccc3c(c2-c2csc4cccc1c24)CC=C3.CC1(C)c2ccccc2-c2csc3cccc1c23. The number of allylic oxidation sites excluding steroid dienone is 2. The van der Waals surface area contributed by atoms with Crippen LogP contribution >= 0.6 is 34.0 Å². The first-order valence-electron chi connectivity index (χ1n) is 22.3. The zero-order chi connectivity index (χ0) is 42.7. The third-order valence-corrected chi connectivity index (χ3v) is 17.3. The van der Waals surface area contributed by atoms with Gasteiger partial charge in [-0.25, -0.2) is 0 Å². The minimum absolute atomic E-state index is 0.0778. The van der Waals surface area contributed by atoms with Crippen LogP contribution in [-0.2, 0) is 29.1 Å². The minimum atomic E-state index is 0.0778. The first-order valence-corrected chi connectivity index (χ1v) is 25.0. The van der Waals surface area contributed by atoms with E-state index in [1.807, 2.05) is 47.9 Å². The second kappa shape index (κ2) is 14.4. The van der Waals surface area contributed by atoms with E-state index in [1.165, 1.54) is 119 Å². The number of benzene rings is 6. The second-order valence-corrected chi connectivity index (χ2v) is 21.5. The van der Waals surface area contributed by atoms with Crippen LogP contribution in [0.25, 0.3) is 75.8 Å². The lowest BCUT2D eigenvalue weighted by atomic mass is 9.68. The number of fused-ring (bicyclic) bond motifs is 9. The Morgan fingerprint density at radius 2 is 0.903 bits per heavy atom. The molecule has 0 radical (unpaired) electrons. The van der Waals surface area contributed by atoms with Gasteiger partial charge in [0.25, 0.3) is 0 Å². The number of thiophene rings is 3. The van der Waals surface area contributed by atoms with Crippen molar-refractivity contribution in [2.45, 2.75) is 84.5 Å². The number of hydrogen-bond donors (Lipinski definition) is 0. The van der Waals surface area contributed by atoms with Crippen molar-refractivity contribution in [2.75, 3.05) is 0 Å². The zero-order valence-corrected chi connectivity index (χ0v) is 39.4. The fourth-order valence-corrected chi connectivity index (χ4v) is 14.3. The van der Waals surface area contributed by atoms with Crippen molar-refractivity contribution in [2.24, 2.45) is 0 Å². The maximum Gasteiger partial charge on any atom is 0.0352 e. The van der Waals surface area contributed by atoms with Crippen molar-refractivity contribution < 1.29 is 0 Å². The molecule has 0 amide bonds. The van der Waals surface area contributed by atoms with Crippen molar-refractivity contribution in [1.29, 1.82) is 0 Å². The van der Waals surface area contributed by atoms with Crippen molar-refractivity contribution in [3.05, 3.63) is 187 Å².